The van der Waals surface area contributed by atoms with Gasteiger partial charge in [0.25, 0.3) is 0 Å². The molecule has 2 aromatic carbocycles. The maximum Gasteiger partial charge on any atom is 0.347 e. The van der Waals surface area contributed by atoms with Crippen LogP contribution in [0.4, 0.5) is 5.69 Å². The topological polar surface area (TPSA) is 64.6 Å². The molecule has 0 bridgehead atoms. The van der Waals surface area contributed by atoms with Crippen molar-refractivity contribution in [1.29, 1.82) is 0 Å². The van der Waals surface area contributed by atoms with Crippen LogP contribution in [0.5, 0.6) is 0 Å². The summed E-state index contributed by atoms with van der Waals surface area (Å²) in [6.45, 7) is 4.38. The number of hydrogen-bond donors (Lipinski definition) is 1. The number of anilines is 1. The zero-order valence-corrected chi connectivity index (χ0v) is 22.9. The zero-order valence-electron chi connectivity index (χ0n) is 22.2. The molecule has 2 aromatic rings. The van der Waals surface area contributed by atoms with Crippen LogP contribution < -0.4 is 5.32 Å². The molecule has 0 fully saturated rings. The summed E-state index contributed by atoms with van der Waals surface area (Å²) in [5, 5.41) is 4.14. The highest BCUT2D eigenvalue weighted by molar-refractivity contribution is 6.30. The fourth-order valence-electron chi connectivity index (χ4n) is 3.77. The van der Waals surface area contributed by atoms with Crippen molar-refractivity contribution in [3.63, 3.8) is 0 Å². The van der Waals surface area contributed by atoms with Crippen LogP contribution in [0.25, 0.3) is 0 Å². The van der Waals surface area contributed by atoms with E-state index >= 15 is 0 Å². The molecular weight excluding hydrogens is 486 g/mol. The first-order valence-electron chi connectivity index (χ1n) is 13.5. The number of carbonyl (C=O) groups excluding carboxylic acids is 2. The number of rotatable bonds is 16. The molecule has 0 radical (unpaired) electrons. The summed E-state index contributed by atoms with van der Waals surface area (Å²) < 4.78 is 10.0. The highest BCUT2D eigenvalue weighted by Gasteiger charge is 2.19. The number of nitrogens with one attached hydrogen (secondary N) is 1. The monoisotopic (exact) mass is 525 g/mol. The van der Waals surface area contributed by atoms with E-state index < -0.39 is 18.0 Å². The maximum absolute atomic E-state index is 12.2. The van der Waals surface area contributed by atoms with Crippen LogP contribution in [0, 0.1) is 11.8 Å². The van der Waals surface area contributed by atoms with E-state index in [2.05, 4.69) is 17.2 Å². The Bertz CT molecular complexity index is 993. The fraction of sp³-hybridized carbons (Fsp3) is 0.484. The summed E-state index contributed by atoms with van der Waals surface area (Å²) >= 11 is 5.88. The standard InChI is InChI=1S/C31H40ClNO4/c1-3-36-30(34)25(2)37-31(35)27-18-22-29(23-19-27)33-24-14-12-10-8-6-4-5-7-9-11-13-15-26-16-20-28(32)21-17-26/h16-23,25,33H,3-12,14,24H2,1-2H3. The normalized spacial score (nSPS) is 11.2. The molecule has 1 N–H and O–H groups in total. The summed E-state index contributed by atoms with van der Waals surface area (Å²) in [5.41, 5.74) is 2.40. The van der Waals surface area contributed by atoms with Crippen LogP contribution >= 0.6 is 11.6 Å². The van der Waals surface area contributed by atoms with E-state index in [-0.39, 0.29) is 6.61 Å². The summed E-state index contributed by atoms with van der Waals surface area (Å²) in [4.78, 5) is 23.8. The molecule has 0 aromatic heterocycles. The first kappa shape index (κ1) is 30.3. The van der Waals surface area contributed by atoms with Crippen molar-refractivity contribution >= 4 is 29.2 Å². The molecule has 0 amide bonds. The van der Waals surface area contributed by atoms with Gasteiger partial charge >= 0.3 is 11.9 Å². The van der Waals surface area contributed by atoms with Gasteiger partial charge in [-0.1, -0.05) is 68.4 Å². The smallest absolute Gasteiger partial charge is 0.347 e. The Balaban J connectivity index is 1.44. The van der Waals surface area contributed by atoms with Crippen LogP contribution in [0.1, 0.15) is 94.0 Å². The Morgan fingerprint density at radius 3 is 2.08 bits per heavy atom. The molecule has 2 rings (SSSR count). The van der Waals surface area contributed by atoms with Gasteiger partial charge in [-0.3, -0.25) is 0 Å². The average molecular weight is 526 g/mol. The molecule has 200 valence electrons. The lowest BCUT2D eigenvalue weighted by atomic mass is 10.1. The Kier molecular flexibility index (Phi) is 15.0. The van der Waals surface area contributed by atoms with E-state index in [4.69, 9.17) is 21.1 Å². The average Bonchev–Trinajstić information content (AvgIpc) is 2.90. The largest absolute Gasteiger partial charge is 0.463 e. The van der Waals surface area contributed by atoms with Crippen LogP contribution in [-0.2, 0) is 14.3 Å². The van der Waals surface area contributed by atoms with Gasteiger partial charge in [0.15, 0.2) is 6.10 Å². The molecule has 37 heavy (non-hydrogen) atoms. The molecule has 5 nitrogen and oxygen atoms in total. The van der Waals surface area contributed by atoms with Crippen molar-refractivity contribution in [2.75, 3.05) is 18.5 Å². The lowest BCUT2D eigenvalue weighted by molar-refractivity contribution is -0.152. The molecule has 0 heterocycles. The molecule has 6 heteroatoms. The highest BCUT2D eigenvalue weighted by Crippen LogP contribution is 2.14. The van der Waals surface area contributed by atoms with Crippen molar-refractivity contribution in [2.45, 2.75) is 84.2 Å². The number of esters is 2. The second-order valence-corrected chi connectivity index (χ2v) is 9.48. The third-order valence-electron chi connectivity index (χ3n) is 5.91. The predicted molar refractivity (Wildman–Crippen MR) is 151 cm³/mol. The molecule has 0 saturated carbocycles. The molecule has 0 saturated heterocycles. The maximum atomic E-state index is 12.2. The van der Waals surface area contributed by atoms with E-state index in [1.807, 2.05) is 36.4 Å². The van der Waals surface area contributed by atoms with E-state index in [9.17, 15) is 9.59 Å². The molecule has 1 unspecified atom stereocenters. The molecule has 0 aliphatic rings. The Labute approximate surface area is 227 Å². The van der Waals surface area contributed by atoms with E-state index in [1.54, 1.807) is 19.1 Å². The minimum atomic E-state index is -0.920. The number of halogens is 1. The van der Waals surface area contributed by atoms with Crippen LogP contribution in [0.2, 0.25) is 5.02 Å². The molecule has 0 aliphatic heterocycles. The van der Waals surface area contributed by atoms with E-state index in [1.165, 1.54) is 58.3 Å². The lowest BCUT2D eigenvalue weighted by Gasteiger charge is -2.12. The second kappa shape index (κ2) is 18.3. The highest BCUT2D eigenvalue weighted by atomic mass is 35.5. The van der Waals surface area contributed by atoms with Crippen LogP contribution in [0.3, 0.4) is 0 Å². The van der Waals surface area contributed by atoms with Crippen molar-refractivity contribution in [2.24, 2.45) is 0 Å². The quantitative estimate of drug-likeness (QED) is 0.137. The number of carbonyl (C=O) groups is 2. The Morgan fingerprint density at radius 1 is 0.865 bits per heavy atom. The van der Waals surface area contributed by atoms with Crippen molar-refractivity contribution in [3.8, 4) is 11.8 Å². The molecule has 1 atom stereocenters. The number of ether oxygens (including phenoxy) is 2. The summed E-state index contributed by atoms with van der Waals surface area (Å²) in [7, 11) is 0. The minimum Gasteiger partial charge on any atom is -0.463 e. The number of hydrogen-bond acceptors (Lipinski definition) is 5. The SMILES string of the molecule is CCOC(=O)C(C)OC(=O)c1ccc(NCCCCCCCCCCCC#Cc2ccc(Cl)cc2)cc1. The third kappa shape index (κ3) is 13.2. The van der Waals surface area contributed by atoms with Gasteiger partial charge in [-0.25, -0.2) is 9.59 Å². The van der Waals surface area contributed by atoms with E-state index in [0.29, 0.717) is 5.56 Å². The van der Waals surface area contributed by atoms with Crippen LogP contribution in [-0.4, -0.2) is 31.2 Å². The fourth-order valence-corrected chi connectivity index (χ4v) is 3.89. The van der Waals surface area contributed by atoms with Crippen molar-refractivity contribution in [3.05, 3.63) is 64.7 Å². The van der Waals surface area contributed by atoms with Gasteiger partial charge in [0.05, 0.1) is 12.2 Å². The van der Waals surface area contributed by atoms with Crippen LogP contribution in [0.15, 0.2) is 48.5 Å². The summed E-state index contributed by atoms with van der Waals surface area (Å²) in [6.07, 6.45) is 11.2. The van der Waals surface area contributed by atoms with Gasteiger partial charge < -0.3 is 14.8 Å². The first-order valence-corrected chi connectivity index (χ1v) is 13.8. The Hall–Kier alpha value is -2.97. The predicted octanol–water partition coefficient (Wildman–Crippen LogP) is 7.81. The third-order valence-corrected chi connectivity index (χ3v) is 6.16. The molecule has 0 spiro atoms. The zero-order chi connectivity index (χ0) is 26.7. The second-order valence-electron chi connectivity index (χ2n) is 9.04. The lowest BCUT2D eigenvalue weighted by Crippen LogP contribution is -2.26. The molecule has 0 aliphatic carbocycles. The van der Waals surface area contributed by atoms with Crippen molar-refractivity contribution < 1.29 is 19.1 Å². The molecular formula is C31H40ClNO4. The number of unbranched alkanes of at least 4 members (excludes halogenated alkanes) is 9. The van der Waals surface area contributed by atoms with Gasteiger partial charge in [0.1, 0.15) is 0 Å². The summed E-state index contributed by atoms with van der Waals surface area (Å²) in [5.74, 6) is 5.37. The minimum absolute atomic E-state index is 0.255. The van der Waals surface area contributed by atoms with Crippen molar-refractivity contribution in [1.82, 2.24) is 0 Å². The summed E-state index contributed by atoms with van der Waals surface area (Å²) in [6, 6.07) is 14.8. The van der Waals surface area contributed by atoms with Gasteiger partial charge in [0.2, 0.25) is 0 Å². The van der Waals surface area contributed by atoms with Gasteiger partial charge in [0, 0.05) is 29.2 Å². The van der Waals surface area contributed by atoms with E-state index in [0.717, 1.165) is 35.7 Å². The van der Waals surface area contributed by atoms with Gasteiger partial charge in [-0.05, 0) is 75.2 Å². The Morgan fingerprint density at radius 2 is 1.46 bits per heavy atom. The first-order chi connectivity index (χ1) is 18.0. The number of benzene rings is 2. The van der Waals surface area contributed by atoms with Gasteiger partial charge in [-0.2, -0.15) is 0 Å². The van der Waals surface area contributed by atoms with Gasteiger partial charge in [-0.15, -0.1) is 0 Å².